The molecule has 1 unspecified atom stereocenters. The van der Waals surface area contributed by atoms with Crippen LogP contribution in [0.15, 0.2) is 0 Å². The van der Waals surface area contributed by atoms with Crippen LogP contribution in [0.3, 0.4) is 0 Å². The molecule has 1 aliphatic heterocycles. The van der Waals surface area contributed by atoms with Gasteiger partial charge >= 0.3 is 0 Å². The highest BCUT2D eigenvalue weighted by Crippen LogP contribution is 2.19. The Morgan fingerprint density at radius 1 is 1.00 bits per heavy atom. The molecule has 0 amide bonds. The van der Waals surface area contributed by atoms with Crippen LogP contribution < -0.4 is 22.3 Å². The predicted octanol–water partition coefficient (Wildman–Crippen LogP) is -0.126. The van der Waals surface area contributed by atoms with Crippen LogP contribution in [-0.4, -0.2) is 25.3 Å². The topological polar surface area (TPSA) is 25.8 Å². The number of morpholine rings is 1. The number of hydrogen-bond acceptors (Lipinski definition) is 1. The summed E-state index contributed by atoms with van der Waals surface area (Å²) in [5.41, 5.74) is 0.167. The maximum Gasteiger partial charge on any atom is 0.114 e. The van der Waals surface area contributed by atoms with E-state index >= 15 is 0 Å². The Labute approximate surface area is 124 Å². The van der Waals surface area contributed by atoms with Gasteiger partial charge < -0.3 is 27.0 Å². The number of halogens is 1. The van der Waals surface area contributed by atoms with Crippen molar-refractivity contribution in [2.75, 3.05) is 19.7 Å². The zero-order chi connectivity index (χ0) is 12.4. The number of unbranched alkanes of at least 4 members (excludes halogenated alkanes) is 7. The molecular weight excluding hydrogens is 290 g/mol. The van der Waals surface area contributed by atoms with Crippen LogP contribution in [0.2, 0.25) is 0 Å². The number of nitrogens with two attached hydrogens (primary N) is 1. The third kappa shape index (κ3) is 8.49. The number of ether oxygens (including phenoxy) is 1. The number of rotatable bonds is 9. The van der Waals surface area contributed by atoms with Crippen LogP contribution in [-0.2, 0) is 4.74 Å². The van der Waals surface area contributed by atoms with Crippen LogP contribution in [0.1, 0.15) is 71.6 Å². The van der Waals surface area contributed by atoms with Crippen molar-refractivity contribution in [2.24, 2.45) is 0 Å². The molecule has 3 heteroatoms. The molecule has 0 radical (unpaired) electrons. The van der Waals surface area contributed by atoms with E-state index in [0.29, 0.717) is 0 Å². The maximum atomic E-state index is 5.89. The SMILES string of the molecule is CCCCCCCCCCC1(C)C[NH2+]CCO1.[Br-]. The molecule has 18 heavy (non-hydrogen) atoms. The lowest BCUT2D eigenvalue weighted by Gasteiger charge is -2.31. The highest BCUT2D eigenvalue weighted by atomic mass is 79.9. The molecule has 0 aliphatic carbocycles. The summed E-state index contributed by atoms with van der Waals surface area (Å²) >= 11 is 0. The van der Waals surface area contributed by atoms with Gasteiger partial charge in [-0.2, -0.15) is 0 Å². The fourth-order valence-corrected chi connectivity index (χ4v) is 2.66. The second kappa shape index (κ2) is 11.2. The first kappa shape index (κ1) is 18.4. The summed E-state index contributed by atoms with van der Waals surface area (Å²) in [6.45, 7) is 7.80. The van der Waals surface area contributed by atoms with Gasteiger partial charge in [-0.25, -0.2) is 0 Å². The smallest absolute Gasteiger partial charge is 0.114 e. The van der Waals surface area contributed by atoms with Gasteiger partial charge in [0.1, 0.15) is 12.1 Å². The molecular formula is C15H32BrNO. The van der Waals surface area contributed by atoms with Crippen molar-refractivity contribution in [2.45, 2.75) is 77.2 Å². The van der Waals surface area contributed by atoms with Crippen molar-refractivity contribution < 1.29 is 27.0 Å². The summed E-state index contributed by atoms with van der Waals surface area (Å²) in [4.78, 5) is 0. The number of hydrogen-bond donors (Lipinski definition) is 1. The molecule has 0 aromatic carbocycles. The zero-order valence-electron chi connectivity index (χ0n) is 12.3. The van der Waals surface area contributed by atoms with Crippen molar-refractivity contribution in [3.63, 3.8) is 0 Å². The predicted molar refractivity (Wildman–Crippen MR) is 73.2 cm³/mol. The summed E-state index contributed by atoms with van der Waals surface area (Å²) in [5.74, 6) is 0. The van der Waals surface area contributed by atoms with Gasteiger partial charge in [-0.15, -0.1) is 0 Å². The van der Waals surface area contributed by atoms with Crippen LogP contribution in [0.25, 0.3) is 0 Å². The first-order chi connectivity index (χ1) is 8.27. The van der Waals surface area contributed by atoms with Crippen molar-refractivity contribution in [1.82, 2.24) is 0 Å². The number of quaternary nitrogens is 1. The fraction of sp³-hybridized carbons (Fsp3) is 1.00. The summed E-state index contributed by atoms with van der Waals surface area (Å²) in [5, 5.41) is 2.40. The normalized spacial score (nSPS) is 23.7. The average Bonchev–Trinajstić information content (AvgIpc) is 2.33. The van der Waals surface area contributed by atoms with Crippen LogP contribution in [0.4, 0.5) is 0 Å². The zero-order valence-corrected chi connectivity index (χ0v) is 13.9. The van der Waals surface area contributed by atoms with Crippen molar-refractivity contribution in [3.8, 4) is 0 Å². The summed E-state index contributed by atoms with van der Waals surface area (Å²) < 4.78 is 5.89. The maximum absolute atomic E-state index is 5.89. The molecule has 1 heterocycles. The van der Waals surface area contributed by atoms with E-state index in [1.165, 1.54) is 57.8 Å². The molecule has 1 rings (SSSR count). The minimum Gasteiger partial charge on any atom is -1.00 e. The standard InChI is InChI=1S/C15H31NO.BrH/c1-3-4-5-6-7-8-9-10-11-15(2)14-16-12-13-17-15;/h16H,3-14H2,1-2H3;1H. The van der Waals surface area contributed by atoms with E-state index in [1.54, 1.807) is 0 Å². The molecule has 0 bridgehead atoms. The first-order valence-corrected chi connectivity index (χ1v) is 7.72. The third-order valence-electron chi connectivity index (χ3n) is 3.91. The van der Waals surface area contributed by atoms with Gasteiger partial charge in [-0.3, -0.25) is 0 Å². The van der Waals surface area contributed by atoms with Crippen LogP contribution in [0.5, 0.6) is 0 Å². The van der Waals surface area contributed by atoms with Gasteiger partial charge in [-0.1, -0.05) is 58.3 Å². The van der Waals surface area contributed by atoms with E-state index in [1.807, 2.05) is 0 Å². The monoisotopic (exact) mass is 321 g/mol. The van der Waals surface area contributed by atoms with E-state index in [2.05, 4.69) is 19.2 Å². The summed E-state index contributed by atoms with van der Waals surface area (Å²) in [6, 6.07) is 0. The van der Waals surface area contributed by atoms with Crippen LogP contribution in [0, 0.1) is 0 Å². The third-order valence-corrected chi connectivity index (χ3v) is 3.91. The molecule has 2 nitrogen and oxygen atoms in total. The second-order valence-electron chi connectivity index (χ2n) is 5.80. The van der Waals surface area contributed by atoms with E-state index in [9.17, 15) is 0 Å². The van der Waals surface area contributed by atoms with Crippen molar-refractivity contribution in [3.05, 3.63) is 0 Å². The molecule has 0 saturated carbocycles. The Hall–Kier alpha value is 0.400. The molecule has 2 N–H and O–H groups in total. The van der Waals surface area contributed by atoms with Crippen molar-refractivity contribution >= 4 is 0 Å². The van der Waals surface area contributed by atoms with Gasteiger partial charge in [0.05, 0.1) is 13.2 Å². The largest absolute Gasteiger partial charge is 1.00 e. The minimum atomic E-state index is 0. The molecule has 1 saturated heterocycles. The van der Waals surface area contributed by atoms with E-state index in [-0.39, 0.29) is 22.6 Å². The highest BCUT2D eigenvalue weighted by molar-refractivity contribution is 4.75. The van der Waals surface area contributed by atoms with Gasteiger partial charge in [0.15, 0.2) is 0 Å². The van der Waals surface area contributed by atoms with Gasteiger partial charge in [0, 0.05) is 0 Å². The van der Waals surface area contributed by atoms with Crippen LogP contribution >= 0.6 is 0 Å². The molecule has 0 aromatic rings. The van der Waals surface area contributed by atoms with Gasteiger partial charge in [0.2, 0.25) is 0 Å². The van der Waals surface area contributed by atoms with Gasteiger partial charge in [-0.05, 0) is 13.3 Å². The lowest BCUT2D eigenvalue weighted by Crippen LogP contribution is -3.00. The van der Waals surface area contributed by atoms with E-state index in [0.717, 1.165) is 19.7 Å². The Morgan fingerprint density at radius 2 is 1.61 bits per heavy atom. The lowest BCUT2D eigenvalue weighted by atomic mass is 9.96. The molecule has 0 spiro atoms. The highest BCUT2D eigenvalue weighted by Gasteiger charge is 2.29. The Kier molecular flexibility index (Phi) is 11.5. The fourth-order valence-electron chi connectivity index (χ4n) is 2.66. The van der Waals surface area contributed by atoms with Crippen molar-refractivity contribution in [1.29, 1.82) is 0 Å². The lowest BCUT2D eigenvalue weighted by molar-refractivity contribution is -0.685. The molecule has 1 atom stereocenters. The Balaban J connectivity index is 0.00000289. The van der Waals surface area contributed by atoms with Gasteiger partial charge in [0.25, 0.3) is 0 Å². The second-order valence-corrected chi connectivity index (χ2v) is 5.80. The average molecular weight is 322 g/mol. The van der Waals surface area contributed by atoms with E-state index in [4.69, 9.17) is 4.74 Å². The molecule has 1 fully saturated rings. The molecule has 1 aliphatic rings. The summed E-state index contributed by atoms with van der Waals surface area (Å²) in [7, 11) is 0. The quantitative estimate of drug-likeness (QED) is 0.588. The Morgan fingerprint density at radius 3 is 2.17 bits per heavy atom. The minimum absolute atomic E-state index is 0. The molecule has 0 aromatic heterocycles. The first-order valence-electron chi connectivity index (χ1n) is 7.72. The summed E-state index contributed by atoms with van der Waals surface area (Å²) in [6.07, 6.45) is 12.5. The Bertz CT molecular complexity index is 181. The molecule has 110 valence electrons. The van der Waals surface area contributed by atoms with E-state index < -0.39 is 0 Å².